The number of ether oxygens (including phenoxy) is 1. The van der Waals surface area contributed by atoms with Gasteiger partial charge in [-0.3, -0.25) is 0 Å². The highest BCUT2D eigenvalue weighted by Gasteiger charge is 2.28. The smallest absolute Gasteiger partial charge is 0.133 e. The van der Waals surface area contributed by atoms with Gasteiger partial charge in [-0.15, -0.1) is 6.58 Å². The van der Waals surface area contributed by atoms with Crippen LogP contribution in [-0.2, 0) is 5.60 Å². The highest BCUT2D eigenvalue weighted by Crippen LogP contribution is 2.34. The largest absolute Gasteiger partial charge is 0.496 e. The molecule has 0 fully saturated rings. The summed E-state index contributed by atoms with van der Waals surface area (Å²) in [5, 5.41) is 10.1. The van der Waals surface area contributed by atoms with E-state index in [0.717, 1.165) is 0 Å². The van der Waals surface area contributed by atoms with Gasteiger partial charge in [-0.2, -0.15) is 0 Å². The van der Waals surface area contributed by atoms with Crippen LogP contribution in [0.15, 0.2) is 30.9 Å². The molecule has 0 saturated carbocycles. The molecule has 0 aliphatic carbocycles. The summed E-state index contributed by atoms with van der Waals surface area (Å²) >= 11 is 0. The van der Waals surface area contributed by atoms with Crippen molar-refractivity contribution in [2.75, 3.05) is 7.11 Å². The van der Waals surface area contributed by atoms with E-state index in [4.69, 9.17) is 4.74 Å². The van der Waals surface area contributed by atoms with Gasteiger partial charge in [0.2, 0.25) is 0 Å². The van der Waals surface area contributed by atoms with Crippen LogP contribution >= 0.6 is 0 Å². The lowest BCUT2D eigenvalue weighted by Crippen LogP contribution is -2.22. The molecule has 0 radical (unpaired) electrons. The summed E-state index contributed by atoms with van der Waals surface area (Å²) < 4.78 is 18.6. The Balaban J connectivity index is 3.27. The second-order valence-electron chi connectivity index (χ2n) is 3.58. The maximum Gasteiger partial charge on any atom is 0.133 e. The van der Waals surface area contributed by atoms with Gasteiger partial charge in [0.1, 0.15) is 11.6 Å². The minimum absolute atomic E-state index is 0.174. The quantitative estimate of drug-likeness (QED) is 0.774. The number of hydrogen-bond donors (Lipinski definition) is 1. The van der Waals surface area contributed by atoms with Gasteiger partial charge in [0.05, 0.1) is 18.3 Å². The number of hydrogen-bond acceptors (Lipinski definition) is 2. The molecule has 1 aromatic rings. The molecule has 1 atom stereocenters. The molecule has 82 valence electrons. The van der Waals surface area contributed by atoms with Crippen LogP contribution in [0.1, 0.15) is 18.9 Å². The first-order valence-electron chi connectivity index (χ1n) is 4.69. The van der Waals surface area contributed by atoms with Crippen molar-refractivity contribution < 1.29 is 14.2 Å². The molecule has 1 unspecified atom stereocenters. The Labute approximate surface area is 89.0 Å². The van der Waals surface area contributed by atoms with Crippen LogP contribution in [0.4, 0.5) is 4.39 Å². The highest BCUT2D eigenvalue weighted by molar-refractivity contribution is 5.39. The maximum absolute atomic E-state index is 13.6. The minimum atomic E-state index is -1.29. The molecule has 0 aliphatic rings. The number of rotatable bonds is 4. The van der Waals surface area contributed by atoms with Crippen molar-refractivity contribution in [1.29, 1.82) is 0 Å². The second-order valence-corrected chi connectivity index (χ2v) is 3.58. The summed E-state index contributed by atoms with van der Waals surface area (Å²) in [6.45, 7) is 5.07. The molecule has 0 saturated heterocycles. The molecular weight excluding hydrogens is 195 g/mol. The highest BCUT2D eigenvalue weighted by atomic mass is 19.1. The lowest BCUT2D eigenvalue weighted by molar-refractivity contribution is 0.0539. The van der Waals surface area contributed by atoms with Crippen LogP contribution in [0.25, 0.3) is 0 Å². The molecule has 0 bridgehead atoms. The molecule has 0 heterocycles. The van der Waals surface area contributed by atoms with Gasteiger partial charge < -0.3 is 9.84 Å². The van der Waals surface area contributed by atoms with E-state index in [1.165, 1.54) is 20.1 Å². The third-order valence-corrected chi connectivity index (χ3v) is 2.28. The summed E-state index contributed by atoms with van der Waals surface area (Å²) in [6.07, 6.45) is 1.82. The lowest BCUT2D eigenvalue weighted by atomic mass is 9.91. The molecule has 2 nitrogen and oxygen atoms in total. The van der Waals surface area contributed by atoms with Crippen LogP contribution in [0.5, 0.6) is 5.75 Å². The van der Waals surface area contributed by atoms with E-state index in [0.29, 0.717) is 5.75 Å². The summed E-state index contributed by atoms with van der Waals surface area (Å²) in [4.78, 5) is 0. The molecule has 1 aromatic carbocycles. The fourth-order valence-electron chi connectivity index (χ4n) is 1.58. The zero-order chi connectivity index (χ0) is 11.5. The Morgan fingerprint density at radius 3 is 2.80 bits per heavy atom. The molecule has 1 rings (SSSR count). The summed E-state index contributed by atoms with van der Waals surface area (Å²) in [5.41, 5.74) is -1.12. The predicted molar refractivity (Wildman–Crippen MR) is 57.3 cm³/mol. The molecule has 0 aromatic heterocycles. The first kappa shape index (κ1) is 11.7. The minimum Gasteiger partial charge on any atom is -0.496 e. The zero-order valence-corrected chi connectivity index (χ0v) is 8.96. The molecule has 15 heavy (non-hydrogen) atoms. The van der Waals surface area contributed by atoms with E-state index >= 15 is 0 Å². The Hall–Kier alpha value is -1.35. The normalized spacial score (nSPS) is 14.4. The average molecular weight is 210 g/mol. The average Bonchev–Trinajstić information content (AvgIpc) is 2.16. The van der Waals surface area contributed by atoms with Gasteiger partial charge in [0.25, 0.3) is 0 Å². The van der Waals surface area contributed by atoms with Crippen molar-refractivity contribution >= 4 is 0 Å². The van der Waals surface area contributed by atoms with E-state index < -0.39 is 11.4 Å². The Kier molecular flexibility index (Phi) is 3.48. The van der Waals surface area contributed by atoms with Crippen LogP contribution in [0, 0.1) is 5.82 Å². The monoisotopic (exact) mass is 210 g/mol. The molecule has 0 amide bonds. The van der Waals surface area contributed by atoms with Crippen molar-refractivity contribution in [3.8, 4) is 5.75 Å². The van der Waals surface area contributed by atoms with Gasteiger partial charge in [-0.1, -0.05) is 12.1 Å². The molecule has 3 heteroatoms. The predicted octanol–water partition coefficient (Wildman–Crippen LogP) is 2.62. The van der Waals surface area contributed by atoms with E-state index in [1.807, 2.05) is 0 Å². The summed E-state index contributed by atoms with van der Waals surface area (Å²) in [5.74, 6) is -0.122. The summed E-state index contributed by atoms with van der Waals surface area (Å²) in [7, 11) is 1.45. The van der Waals surface area contributed by atoms with Crippen LogP contribution < -0.4 is 4.74 Å². The van der Waals surface area contributed by atoms with Gasteiger partial charge in [-0.05, 0) is 25.5 Å². The van der Waals surface area contributed by atoms with Crippen molar-refractivity contribution in [3.05, 3.63) is 42.2 Å². The Morgan fingerprint density at radius 1 is 1.60 bits per heavy atom. The SMILES string of the molecule is C=CCC(C)(O)c1c(F)cccc1OC. The molecule has 0 spiro atoms. The first-order chi connectivity index (χ1) is 7.03. The fourth-order valence-corrected chi connectivity index (χ4v) is 1.58. The van der Waals surface area contributed by atoms with E-state index in [2.05, 4.69) is 6.58 Å². The van der Waals surface area contributed by atoms with Crippen molar-refractivity contribution in [2.45, 2.75) is 18.9 Å². The van der Waals surface area contributed by atoms with Crippen molar-refractivity contribution in [3.63, 3.8) is 0 Å². The molecular formula is C12H15FO2. The third-order valence-electron chi connectivity index (χ3n) is 2.28. The van der Waals surface area contributed by atoms with Gasteiger partial charge in [0.15, 0.2) is 0 Å². The van der Waals surface area contributed by atoms with Gasteiger partial charge in [-0.25, -0.2) is 4.39 Å². The Bertz CT molecular complexity index is 359. The number of aliphatic hydroxyl groups is 1. The number of halogens is 1. The lowest BCUT2D eigenvalue weighted by Gasteiger charge is -2.24. The maximum atomic E-state index is 13.6. The van der Waals surface area contributed by atoms with Crippen LogP contribution in [-0.4, -0.2) is 12.2 Å². The van der Waals surface area contributed by atoms with Crippen LogP contribution in [0.3, 0.4) is 0 Å². The van der Waals surface area contributed by atoms with Crippen molar-refractivity contribution in [1.82, 2.24) is 0 Å². The molecule has 0 aliphatic heterocycles. The van der Waals surface area contributed by atoms with Gasteiger partial charge in [0, 0.05) is 0 Å². The van der Waals surface area contributed by atoms with Crippen LogP contribution in [0.2, 0.25) is 0 Å². The first-order valence-corrected chi connectivity index (χ1v) is 4.69. The zero-order valence-electron chi connectivity index (χ0n) is 8.96. The van der Waals surface area contributed by atoms with E-state index in [9.17, 15) is 9.50 Å². The second kappa shape index (κ2) is 4.45. The van der Waals surface area contributed by atoms with E-state index in [-0.39, 0.29) is 12.0 Å². The van der Waals surface area contributed by atoms with Gasteiger partial charge >= 0.3 is 0 Å². The van der Waals surface area contributed by atoms with Crippen molar-refractivity contribution in [2.24, 2.45) is 0 Å². The Morgan fingerprint density at radius 2 is 2.27 bits per heavy atom. The molecule has 1 N–H and O–H groups in total. The number of methoxy groups -OCH3 is 1. The summed E-state index contributed by atoms with van der Waals surface area (Å²) in [6, 6.07) is 4.47. The fraction of sp³-hybridized carbons (Fsp3) is 0.333. The topological polar surface area (TPSA) is 29.5 Å². The number of benzene rings is 1. The van der Waals surface area contributed by atoms with E-state index in [1.54, 1.807) is 18.2 Å². The third kappa shape index (κ3) is 2.36. The standard InChI is InChI=1S/C12H15FO2/c1-4-8-12(2,14)11-9(13)6-5-7-10(11)15-3/h4-7,14H,1,8H2,2-3H3.